The maximum absolute atomic E-state index is 11.9. The zero-order valence-electron chi connectivity index (χ0n) is 8.57. The van der Waals surface area contributed by atoms with Crippen LogP contribution in [0.25, 0.3) is 0 Å². The Kier molecular flexibility index (Phi) is 4.63. The molecule has 1 heterocycles. The summed E-state index contributed by atoms with van der Waals surface area (Å²) in [4.78, 5) is 23.0. The van der Waals surface area contributed by atoms with E-state index in [1.54, 1.807) is 0 Å². The summed E-state index contributed by atoms with van der Waals surface area (Å²) in [6.07, 6.45) is -1.16. The molecule has 0 aromatic rings. The summed E-state index contributed by atoms with van der Waals surface area (Å²) in [5.41, 5.74) is -4.46. The number of alkyl halides is 3. The Hall–Kier alpha value is -0.960. The van der Waals surface area contributed by atoms with Crippen molar-refractivity contribution in [1.29, 1.82) is 0 Å². The lowest BCUT2D eigenvalue weighted by atomic mass is 10.3. The van der Waals surface area contributed by atoms with Crippen LogP contribution in [0.5, 0.6) is 0 Å². The second-order valence-electron chi connectivity index (χ2n) is 3.27. The number of morpholine rings is 1. The molecule has 0 aromatic heterocycles. The van der Waals surface area contributed by atoms with Gasteiger partial charge in [0.15, 0.2) is 6.10 Å². The number of aliphatic carboxylic acids is 1. The van der Waals surface area contributed by atoms with Gasteiger partial charge in [0, 0.05) is 6.54 Å². The van der Waals surface area contributed by atoms with Crippen LogP contribution < -0.4 is 0 Å². The third kappa shape index (κ3) is 4.82. The van der Waals surface area contributed by atoms with Gasteiger partial charge in [-0.1, -0.05) is 0 Å². The smallest absolute Gasteiger partial charge is 0.442 e. The van der Waals surface area contributed by atoms with Crippen molar-refractivity contribution in [3.63, 3.8) is 0 Å². The van der Waals surface area contributed by atoms with Gasteiger partial charge in [0.05, 0.1) is 18.9 Å². The molecule has 0 aromatic carbocycles. The Morgan fingerprint density at radius 3 is 2.65 bits per heavy atom. The first-order chi connectivity index (χ1) is 7.79. The zero-order valence-corrected chi connectivity index (χ0v) is 9.38. The van der Waals surface area contributed by atoms with Crippen molar-refractivity contribution in [2.45, 2.75) is 11.6 Å². The van der Waals surface area contributed by atoms with Crippen LogP contribution in [0, 0.1) is 0 Å². The van der Waals surface area contributed by atoms with Crippen molar-refractivity contribution in [2.24, 2.45) is 0 Å². The number of ether oxygens (including phenoxy) is 1. The van der Waals surface area contributed by atoms with Crippen molar-refractivity contribution < 1.29 is 32.6 Å². The molecule has 1 fully saturated rings. The van der Waals surface area contributed by atoms with E-state index in [1.165, 1.54) is 0 Å². The van der Waals surface area contributed by atoms with Gasteiger partial charge in [0.1, 0.15) is 0 Å². The fourth-order valence-electron chi connectivity index (χ4n) is 1.26. The van der Waals surface area contributed by atoms with Crippen molar-refractivity contribution in [3.8, 4) is 0 Å². The number of carbonyl (C=O) groups excluding carboxylic acids is 1. The summed E-state index contributed by atoms with van der Waals surface area (Å²) in [5, 5.41) is 8.65. The minimum absolute atomic E-state index is 0.0133. The molecule has 1 amide bonds. The van der Waals surface area contributed by atoms with Crippen molar-refractivity contribution in [2.75, 3.05) is 25.4 Å². The van der Waals surface area contributed by atoms with E-state index in [0.717, 1.165) is 4.90 Å². The molecular formula is C8H10F3NO4S. The molecule has 0 aliphatic carbocycles. The summed E-state index contributed by atoms with van der Waals surface area (Å²) < 4.78 is 40.4. The Bertz CT molecular complexity index is 310. The number of hydrogen-bond donors (Lipinski definition) is 1. The molecule has 5 nitrogen and oxygen atoms in total. The van der Waals surface area contributed by atoms with Gasteiger partial charge in [-0.3, -0.25) is 4.79 Å². The van der Waals surface area contributed by atoms with E-state index in [4.69, 9.17) is 9.84 Å². The summed E-state index contributed by atoms with van der Waals surface area (Å²) in [7, 11) is 0. The Morgan fingerprint density at radius 2 is 2.12 bits per heavy atom. The first-order valence-corrected chi connectivity index (χ1v) is 5.61. The third-order valence-electron chi connectivity index (χ3n) is 2.05. The molecule has 1 aliphatic rings. The lowest BCUT2D eigenvalue weighted by Crippen LogP contribution is -2.49. The average Bonchev–Trinajstić information content (AvgIpc) is 2.25. The van der Waals surface area contributed by atoms with Crippen LogP contribution in [0.4, 0.5) is 13.2 Å². The van der Waals surface area contributed by atoms with Gasteiger partial charge in [-0.2, -0.15) is 13.2 Å². The third-order valence-corrected chi connectivity index (χ3v) is 2.77. The van der Waals surface area contributed by atoms with Gasteiger partial charge < -0.3 is 14.7 Å². The van der Waals surface area contributed by atoms with E-state index in [2.05, 4.69) is 0 Å². The molecule has 1 N–H and O–H groups in total. The predicted octanol–water partition coefficient (Wildman–Crippen LogP) is 0.551. The second kappa shape index (κ2) is 5.58. The number of carboxylic acids is 1. The fraction of sp³-hybridized carbons (Fsp3) is 0.750. The molecule has 17 heavy (non-hydrogen) atoms. The van der Waals surface area contributed by atoms with E-state index < -0.39 is 41.0 Å². The second-order valence-corrected chi connectivity index (χ2v) is 4.31. The van der Waals surface area contributed by atoms with E-state index >= 15 is 0 Å². The highest BCUT2D eigenvalue weighted by atomic mass is 32.2. The lowest BCUT2D eigenvalue weighted by molar-refractivity contribution is -0.158. The van der Waals surface area contributed by atoms with Crippen molar-refractivity contribution >= 4 is 23.6 Å². The number of thioether (sulfide) groups is 1. The van der Waals surface area contributed by atoms with Crippen LogP contribution in [-0.4, -0.2) is 58.9 Å². The highest BCUT2D eigenvalue weighted by molar-refractivity contribution is 8.00. The first-order valence-electron chi connectivity index (χ1n) is 4.62. The van der Waals surface area contributed by atoms with Crippen molar-refractivity contribution in [3.05, 3.63) is 0 Å². The summed E-state index contributed by atoms with van der Waals surface area (Å²) in [5.74, 6) is -2.71. The monoisotopic (exact) mass is 273 g/mol. The molecule has 0 bridgehead atoms. The maximum Gasteiger partial charge on any atom is 0.442 e. The molecule has 1 aliphatic heterocycles. The molecule has 1 unspecified atom stereocenters. The molecular weight excluding hydrogens is 263 g/mol. The molecule has 1 atom stereocenters. The minimum atomic E-state index is -4.46. The number of hydrogen-bond acceptors (Lipinski definition) is 4. The Labute approximate surface area is 98.9 Å². The van der Waals surface area contributed by atoms with E-state index in [0.29, 0.717) is 0 Å². The number of amides is 1. The minimum Gasteiger partial charge on any atom is -0.479 e. The summed E-state index contributed by atoms with van der Waals surface area (Å²) in [6, 6.07) is 0. The highest BCUT2D eigenvalue weighted by Crippen LogP contribution is 2.30. The van der Waals surface area contributed by atoms with E-state index in [1.807, 2.05) is 0 Å². The van der Waals surface area contributed by atoms with Crippen LogP contribution in [0.1, 0.15) is 0 Å². The van der Waals surface area contributed by atoms with Crippen LogP contribution in [0.2, 0.25) is 0 Å². The highest BCUT2D eigenvalue weighted by Gasteiger charge is 2.33. The molecule has 1 saturated heterocycles. The quantitative estimate of drug-likeness (QED) is 0.813. The molecule has 98 valence electrons. The van der Waals surface area contributed by atoms with Gasteiger partial charge in [0.2, 0.25) is 5.91 Å². The normalized spacial score (nSPS) is 21.4. The predicted molar refractivity (Wildman–Crippen MR) is 52.5 cm³/mol. The van der Waals surface area contributed by atoms with E-state index in [9.17, 15) is 22.8 Å². The van der Waals surface area contributed by atoms with Gasteiger partial charge in [-0.15, -0.1) is 0 Å². The summed E-state index contributed by atoms with van der Waals surface area (Å²) in [6.45, 7) is -0.0903. The molecule has 0 spiro atoms. The average molecular weight is 273 g/mol. The van der Waals surface area contributed by atoms with E-state index in [-0.39, 0.29) is 19.7 Å². The van der Waals surface area contributed by atoms with Crippen LogP contribution in [0.15, 0.2) is 0 Å². The zero-order chi connectivity index (χ0) is 13.1. The molecule has 0 saturated carbocycles. The van der Waals surface area contributed by atoms with Gasteiger partial charge >= 0.3 is 11.5 Å². The summed E-state index contributed by atoms with van der Waals surface area (Å²) >= 11 is -0.435. The van der Waals surface area contributed by atoms with Crippen LogP contribution in [-0.2, 0) is 14.3 Å². The number of nitrogens with zero attached hydrogens (tertiary/aromatic N) is 1. The molecule has 1 rings (SSSR count). The molecule has 9 heteroatoms. The number of rotatable bonds is 3. The van der Waals surface area contributed by atoms with Gasteiger partial charge in [0.25, 0.3) is 0 Å². The SMILES string of the molecule is O=C(O)C1CN(C(=O)CSC(F)(F)F)CCO1. The first kappa shape index (κ1) is 14.1. The van der Waals surface area contributed by atoms with Gasteiger partial charge in [-0.25, -0.2) is 4.79 Å². The van der Waals surface area contributed by atoms with Crippen LogP contribution in [0.3, 0.4) is 0 Å². The van der Waals surface area contributed by atoms with Gasteiger partial charge in [-0.05, 0) is 11.8 Å². The largest absolute Gasteiger partial charge is 0.479 e. The standard InChI is InChI=1S/C8H10F3NO4S/c9-8(10,11)17-4-6(13)12-1-2-16-5(3-12)7(14)15/h5H,1-4H2,(H,14,15). The van der Waals surface area contributed by atoms with Crippen molar-refractivity contribution in [1.82, 2.24) is 4.90 Å². The Morgan fingerprint density at radius 1 is 1.47 bits per heavy atom. The van der Waals surface area contributed by atoms with Crippen LogP contribution >= 0.6 is 11.8 Å². The maximum atomic E-state index is 11.9. The lowest BCUT2D eigenvalue weighted by Gasteiger charge is -2.30. The number of carbonyl (C=O) groups is 2. The molecule has 0 radical (unpaired) electrons. The number of carboxylic acid groups (broad SMARTS) is 1. The Balaban J connectivity index is 2.44. The fourth-order valence-corrected chi connectivity index (χ4v) is 1.73. The number of halogens is 3. The topological polar surface area (TPSA) is 66.8 Å².